The lowest BCUT2D eigenvalue weighted by Gasteiger charge is -2.20. The molecule has 1 aliphatic heterocycles. The number of carboxylic acids is 1. The Morgan fingerprint density at radius 2 is 1.76 bits per heavy atom. The molecule has 50 heavy (non-hydrogen) atoms. The molecule has 11 nitrogen and oxygen atoms in total. The van der Waals surface area contributed by atoms with E-state index in [9.17, 15) is 19.5 Å². The first-order valence-corrected chi connectivity index (χ1v) is 16.9. The van der Waals surface area contributed by atoms with Gasteiger partial charge in [0.1, 0.15) is 11.7 Å². The maximum atomic E-state index is 13.2. The average Bonchev–Trinajstić information content (AvgIpc) is 3.53. The number of likely N-dealkylation sites (N-methyl/N-ethyl adjacent to an activating group) is 1. The molecule has 1 saturated heterocycles. The van der Waals surface area contributed by atoms with Crippen LogP contribution in [0.4, 0.5) is 0 Å². The highest BCUT2D eigenvalue weighted by atomic mass is 35.5. The summed E-state index contributed by atoms with van der Waals surface area (Å²) in [5, 5.41) is 16.6. The number of nitrogens with one attached hydrogen (secondary N) is 2. The standard InChI is InChI=1S/C37H36Cl2N6O5/c1-21(37(48)49)44(2)20-24-18-41-31-16-22(14-15-45(31)36(24)47)26-6-4-7-27(33(26)38)28-8-5-9-29(34(28)39)30-12-10-23(35(43-30)50-3)17-40-19-25-11-13-32(46)42-25/h4-10,12,14-16,18,21,25,40H,11,13,17,19-20H2,1-3H3,(H,42,46)(H,48,49)/t21-,25+/m1/s1. The number of pyridine rings is 2. The van der Waals surface area contributed by atoms with Gasteiger partial charge in [0.25, 0.3) is 5.56 Å². The minimum absolute atomic E-state index is 0.0853. The van der Waals surface area contributed by atoms with Gasteiger partial charge >= 0.3 is 5.97 Å². The van der Waals surface area contributed by atoms with Gasteiger partial charge in [0, 0.05) is 72.3 Å². The number of nitrogens with zero attached hydrogens (tertiary/aromatic N) is 4. The summed E-state index contributed by atoms with van der Waals surface area (Å²) < 4.78 is 7.07. The molecule has 0 bridgehead atoms. The summed E-state index contributed by atoms with van der Waals surface area (Å²) in [7, 11) is 3.23. The zero-order valence-corrected chi connectivity index (χ0v) is 29.3. The minimum atomic E-state index is -0.971. The zero-order chi connectivity index (χ0) is 35.5. The smallest absolute Gasteiger partial charge is 0.320 e. The first-order valence-electron chi connectivity index (χ1n) is 16.1. The van der Waals surface area contributed by atoms with Crippen molar-refractivity contribution >= 4 is 40.7 Å². The number of rotatable bonds is 12. The Hall–Kier alpha value is -4.81. The molecule has 3 aromatic heterocycles. The van der Waals surface area contributed by atoms with Crippen molar-refractivity contribution in [2.24, 2.45) is 0 Å². The van der Waals surface area contributed by atoms with Crippen LogP contribution in [0, 0.1) is 0 Å². The van der Waals surface area contributed by atoms with Crippen molar-refractivity contribution in [1.29, 1.82) is 0 Å². The maximum absolute atomic E-state index is 13.2. The Balaban J connectivity index is 1.26. The predicted octanol–water partition coefficient (Wildman–Crippen LogP) is 5.68. The van der Waals surface area contributed by atoms with E-state index in [1.807, 2.05) is 48.5 Å². The number of fused-ring (bicyclic) bond motifs is 1. The normalized spacial score (nSPS) is 15.0. The maximum Gasteiger partial charge on any atom is 0.320 e. The third kappa shape index (κ3) is 7.22. The quantitative estimate of drug-likeness (QED) is 0.149. The SMILES string of the molecule is COc1nc(-c2cccc(-c3cccc(-c4ccn5c(=O)c(CN(C)[C@H](C)C(=O)O)cnc5c4)c3Cl)c2Cl)ccc1CNC[C@@H]1CCC(=O)N1. The highest BCUT2D eigenvalue weighted by Gasteiger charge is 2.22. The molecular formula is C37H36Cl2N6O5. The molecule has 4 heterocycles. The number of methoxy groups -OCH3 is 1. The summed E-state index contributed by atoms with van der Waals surface area (Å²) in [6.07, 6.45) is 4.51. The van der Waals surface area contributed by atoms with Gasteiger partial charge in [0.15, 0.2) is 0 Å². The molecular weight excluding hydrogens is 679 g/mol. The number of ether oxygens (including phenoxy) is 1. The Kier molecular flexibility index (Phi) is 10.5. The number of amides is 1. The Morgan fingerprint density at radius 1 is 1.06 bits per heavy atom. The van der Waals surface area contributed by atoms with Crippen LogP contribution in [0.25, 0.3) is 39.2 Å². The number of carbonyl (C=O) groups excluding carboxylic acids is 1. The van der Waals surface area contributed by atoms with Gasteiger partial charge in [-0.3, -0.25) is 23.7 Å². The van der Waals surface area contributed by atoms with E-state index in [1.54, 1.807) is 44.3 Å². The lowest BCUT2D eigenvalue weighted by molar-refractivity contribution is -0.142. The van der Waals surface area contributed by atoms with Crippen LogP contribution in [0.1, 0.15) is 30.9 Å². The first kappa shape index (κ1) is 35.0. The molecule has 6 rings (SSSR count). The third-order valence-corrected chi connectivity index (χ3v) is 9.83. The molecule has 258 valence electrons. The van der Waals surface area contributed by atoms with Gasteiger partial charge in [-0.15, -0.1) is 0 Å². The fourth-order valence-electron chi connectivity index (χ4n) is 6.03. The van der Waals surface area contributed by atoms with Gasteiger partial charge in [-0.2, -0.15) is 0 Å². The monoisotopic (exact) mass is 714 g/mol. The number of halogens is 2. The van der Waals surface area contributed by atoms with Crippen molar-refractivity contribution < 1.29 is 19.4 Å². The summed E-state index contributed by atoms with van der Waals surface area (Å²) in [4.78, 5) is 47.0. The fourth-order valence-corrected chi connectivity index (χ4v) is 6.69. The molecule has 2 aromatic carbocycles. The van der Waals surface area contributed by atoms with E-state index in [1.165, 1.54) is 10.6 Å². The van der Waals surface area contributed by atoms with Gasteiger partial charge in [-0.1, -0.05) is 65.7 Å². The fraction of sp³-hybridized carbons (Fsp3) is 0.270. The molecule has 1 aliphatic rings. The molecule has 13 heteroatoms. The number of carbonyl (C=O) groups is 2. The van der Waals surface area contributed by atoms with Crippen molar-refractivity contribution in [2.45, 2.75) is 44.9 Å². The van der Waals surface area contributed by atoms with Crippen molar-refractivity contribution in [1.82, 2.24) is 29.9 Å². The van der Waals surface area contributed by atoms with Crippen LogP contribution in [0.3, 0.4) is 0 Å². The van der Waals surface area contributed by atoms with Gasteiger partial charge < -0.3 is 20.5 Å². The molecule has 1 fully saturated rings. The van der Waals surface area contributed by atoms with E-state index < -0.39 is 12.0 Å². The van der Waals surface area contributed by atoms with E-state index in [-0.39, 0.29) is 24.1 Å². The minimum Gasteiger partial charge on any atom is -0.481 e. The van der Waals surface area contributed by atoms with Crippen LogP contribution < -0.4 is 20.9 Å². The van der Waals surface area contributed by atoms with Crippen molar-refractivity contribution in [3.8, 4) is 39.4 Å². The molecule has 2 atom stereocenters. The first-order chi connectivity index (χ1) is 24.0. The molecule has 0 saturated carbocycles. The molecule has 1 amide bonds. The van der Waals surface area contributed by atoms with Crippen molar-refractivity contribution in [2.75, 3.05) is 20.7 Å². The average molecular weight is 716 g/mol. The second kappa shape index (κ2) is 15.0. The summed E-state index contributed by atoms with van der Waals surface area (Å²) in [5.74, 6) is -0.409. The van der Waals surface area contributed by atoms with Crippen LogP contribution in [0.15, 0.2) is 77.9 Å². The molecule has 0 radical (unpaired) electrons. The van der Waals surface area contributed by atoms with Gasteiger partial charge in [-0.25, -0.2) is 9.97 Å². The lowest BCUT2D eigenvalue weighted by atomic mass is 9.97. The van der Waals surface area contributed by atoms with E-state index in [4.69, 9.17) is 32.9 Å². The van der Waals surface area contributed by atoms with Crippen LogP contribution in [-0.2, 0) is 22.7 Å². The lowest BCUT2D eigenvalue weighted by Crippen LogP contribution is -2.37. The summed E-state index contributed by atoms with van der Waals surface area (Å²) in [6, 6.07) is 18.2. The van der Waals surface area contributed by atoms with Crippen molar-refractivity contribution in [3.05, 3.63) is 105 Å². The predicted molar refractivity (Wildman–Crippen MR) is 194 cm³/mol. The van der Waals surface area contributed by atoms with Gasteiger partial charge in [-0.05, 0) is 44.2 Å². The second-order valence-electron chi connectivity index (χ2n) is 12.3. The molecule has 0 aliphatic carbocycles. The Labute approximate surface area is 298 Å². The second-order valence-corrected chi connectivity index (χ2v) is 13.1. The Bertz CT molecular complexity index is 2160. The van der Waals surface area contributed by atoms with E-state index in [0.29, 0.717) is 57.9 Å². The Morgan fingerprint density at radius 3 is 2.44 bits per heavy atom. The number of aliphatic carboxylic acids is 1. The topological polar surface area (TPSA) is 138 Å². The van der Waals surface area contributed by atoms with Crippen LogP contribution in [0.2, 0.25) is 10.0 Å². The van der Waals surface area contributed by atoms with E-state index in [2.05, 4.69) is 15.6 Å². The highest BCUT2D eigenvalue weighted by molar-refractivity contribution is 6.39. The van der Waals surface area contributed by atoms with Crippen molar-refractivity contribution in [3.63, 3.8) is 0 Å². The number of aromatic nitrogens is 3. The number of carboxylic acid groups (broad SMARTS) is 1. The van der Waals surface area contributed by atoms with Gasteiger partial charge in [0.2, 0.25) is 11.8 Å². The largest absolute Gasteiger partial charge is 0.481 e. The molecule has 0 unspecified atom stereocenters. The van der Waals surface area contributed by atoms with Gasteiger partial charge in [0.05, 0.1) is 28.4 Å². The van der Waals surface area contributed by atoms with E-state index >= 15 is 0 Å². The summed E-state index contributed by atoms with van der Waals surface area (Å²) in [5.41, 5.74) is 5.70. The molecule has 3 N–H and O–H groups in total. The zero-order valence-electron chi connectivity index (χ0n) is 27.7. The van der Waals surface area contributed by atoms with Crippen LogP contribution in [-0.4, -0.2) is 69.0 Å². The molecule has 5 aromatic rings. The summed E-state index contributed by atoms with van der Waals surface area (Å²) in [6.45, 7) is 2.90. The highest BCUT2D eigenvalue weighted by Crippen LogP contribution is 2.42. The van der Waals surface area contributed by atoms with Crippen LogP contribution >= 0.6 is 23.2 Å². The summed E-state index contributed by atoms with van der Waals surface area (Å²) >= 11 is 14.1. The third-order valence-electron chi connectivity index (χ3n) is 9.02. The number of hydrogen-bond donors (Lipinski definition) is 3. The van der Waals surface area contributed by atoms with E-state index in [0.717, 1.165) is 34.2 Å². The number of hydrogen-bond acceptors (Lipinski definition) is 8. The number of benzene rings is 2. The van der Waals surface area contributed by atoms with Crippen LogP contribution in [0.5, 0.6) is 5.88 Å². The molecule has 0 spiro atoms.